The van der Waals surface area contributed by atoms with Crippen LogP contribution in [-0.4, -0.2) is 45.9 Å². The van der Waals surface area contributed by atoms with E-state index in [1.165, 1.54) is 11.1 Å². The van der Waals surface area contributed by atoms with Crippen molar-refractivity contribution in [3.05, 3.63) is 65.7 Å². The fourth-order valence-electron chi connectivity index (χ4n) is 4.08. The van der Waals surface area contributed by atoms with Crippen molar-refractivity contribution in [1.82, 2.24) is 4.90 Å². The van der Waals surface area contributed by atoms with Gasteiger partial charge in [-0.1, -0.05) is 42.5 Å². The SMILES string of the molecule is Cc1ccccc1CN1CCOC2(CCS(=O)(=Nc3ccccc3)CC2)C1. The largest absolute Gasteiger partial charge is 0.372 e. The van der Waals surface area contributed by atoms with Crippen LogP contribution in [0.3, 0.4) is 0 Å². The molecule has 2 aromatic rings. The average molecular weight is 385 g/mol. The Kier molecular flexibility index (Phi) is 5.35. The van der Waals surface area contributed by atoms with Gasteiger partial charge in [0.1, 0.15) is 0 Å². The van der Waals surface area contributed by atoms with Gasteiger partial charge in [-0.15, -0.1) is 0 Å². The highest BCUT2D eigenvalue weighted by Gasteiger charge is 2.41. The van der Waals surface area contributed by atoms with Gasteiger partial charge in [0.2, 0.25) is 0 Å². The Morgan fingerprint density at radius 2 is 1.78 bits per heavy atom. The number of morpholine rings is 1. The molecule has 0 atom stereocenters. The van der Waals surface area contributed by atoms with Crippen LogP contribution < -0.4 is 0 Å². The fraction of sp³-hybridized carbons (Fsp3) is 0.455. The summed E-state index contributed by atoms with van der Waals surface area (Å²) in [7, 11) is -2.18. The molecule has 2 aliphatic rings. The molecule has 4 nitrogen and oxygen atoms in total. The van der Waals surface area contributed by atoms with Crippen molar-refractivity contribution in [3.63, 3.8) is 0 Å². The van der Waals surface area contributed by atoms with E-state index in [4.69, 9.17) is 4.74 Å². The maximum Gasteiger partial charge on any atom is 0.0827 e. The van der Waals surface area contributed by atoms with E-state index in [1.54, 1.807) is 0 Å². The number of aryl methyl sites for hydroxylation is 1. The zero-order valence-corrected chi connectivity index (χ0v) is 16.8. The van der Waals surface area contributed by atoms with E-state index in [1.807, 2.05) is 30.3 Å². The molecule has 0 radical (unpaired) electrons. The number of hydrogen-bond donors (Lipinski definition) is 0. The summed E-state index contributed by atoms with van der Waals surface area (Å²) in [6, 6.07) is 18.3. The van der Waals surface area contributed by atoms with Gasteiger partial charge in [-0.2, -0.15) is 4.36 Å². The van der Waals surface area contributed by atoms with Crippen molar-refractivity contribution in [1.29, 1.82) is 0 Å². The van der Waals surface area contributed by atoms with Crippen LogP contribution in [0.15, 0.2) is 59.0 Å². The third-order valence-corrected chi connectivity index (χ3v) is 7.99. The third kappa shape index (κ3) is 4.42. The lowest BCUT2D eigenvalue weighted by Crippen LogP contribution is -2.54. The molecule has 0 aromatic heterocycles. The second-order valence-corrected chi connectivity index (χ2v) is 10.3. The molecule has 0 amide bonds. The van der Waals surface area contributed by atoms with E-state index in [0.29, 0.717) is 11.5 Å². The van der Waals surface area contributed by atoms with Crippen molar-refractivity contribution in [2.75, 3.05) is 31.2 Å². The Morgan fingerprint density at radius 3 is 2.52 bits per heavy atom. The highest BCUT2D eigenvalue weighted by molar-refractivity contribution is 7.93. The first kappa shape index (κ1) is 18.7. The predicted molar refractivity (Wildman–Crippen MR) is 111 cm³/mol. The minimum absolute atomic E-state index is 0.159. The maximum atomic E-state index is 13.2. The number of rotatable bonds is 3. The average Bonchev–Trinajstić information content (AvgIpc) is 2.68. The molecule has 1 spiro atoms. The smallest absolute Gasteiger partial charge is 0.0827 e. The van der Waals surface area contributed by atoms with Crippen molar-refractivity contribution < 1.29 is 8.95 Å². The van der Waals surface area contributed by atoms with Crippen molar-refractivity contribution in [2.24, 2.45) is 4.36 Å². The molecule has 0 N–H and O–H groups in total. The summed E-state index contributed by atoms with van der Waals surface area (Å²) in [5.74, 6) is 1.25. The molecular weight excluding hydrogens is 356 g/mol. The molecule has 0 saturated carbocycles. The molecule has 4 rings (SSSR count). The normalized spacial score (nSPS) is 28.9. The van der Waals surface area contributed by atoms with Crippen molar-refractivity contribution in [2.45, 2.75) is 31.9 Å². The lowest BCUT2D eigenvalue weighted by atomic mass is 9.94. The van der Waals surface area contributed by atoms with E-state index >= 15 is 0 Å². The summed E-state index contributed by atoms with van der Waals surface area (Å²) in [4.78, 5) is 2.49. The van der Waals surface area contributed by atoms with Crippen LogP contribution in [0.5, 0.6) is 0 Å². The van der Waals surface area contributed by atoms with E-state index in [9.17, 15) is 4.21 Å². The first-order valence-electron chi connectivity index (χ1n) is 9.74. The zero-order chi connectivity index (χ0) is 18.7. The highest BCUT2D eigenvalue weighted by atomic mass is 32.2. The summed E-state index contributed by atoms with van der Waals surface area (Å²) in [6.07, 6.45) is 1.65. The molecule has 27 heavy (non-hydrogen) atoms. The van der Waals surface area contributed by atoms with E-state index in [0.717, 1.165) is 44.8 Å². The van der Waals surface area contributed by atoms with E-state index < -0.39 is 9.73 Å². The Labute approximate surface area is 162 Å². The Balaban J connectivity index is 1.44. The molecular formula is C22H28N2O2S. The van der Waals surface area contributed by atoms with Crippen LogP contribution in [0.25, 0.3) is 0 Å². The summed E-state index contributed by atoms with van der Waals surface area (Å²) in [5, 5.41) is 0. The van der Waals surface area contributed by atoms with Gasteiger partial charge in [-0.05, 0) is 43.0 Å². The summed E-state index contributed by atoms with van der Waals surface area (Å²) >= 11 is 0. The van der Waals surface area contributed by atoms with Crippen LogP contribution in [-0.2, 0) is 21.0 Å². The molecule has 5 heteroatoms. The van der Waals surface area contributed by atoms with Crippen molar-refractivity contribution in [3.8, 4) is 0 Å². The molecule has 2 saturated heterocycles. The van der Waals surface area contributed by atoms with Crippen LogP contribution >= 0.6 is 0 Å². The second kappa shape index (κ2) is 7.74. The molecule has 0 bridgehead atoms. The predicted octanol–water partition coefficient (Wildman–Crippen LogP) is 4.16. The number of benzene rings is 2. The molecule has 2 aromatic carbocycles. The van der Waals surface area contributed by atoms with Gasteiger partial charge in [0.05, 0.1) is 27.6 Å². The van der Waals surface area contributed by atoms with Crippen LogP contribution in [0, 0.1) is 6.92 Å². The van der Waals surface area contributed by atoms with Gasteiger partial charge in [0.15, 0.2) is 0 Å². The fourth-order valence-corrected chi connectivity index (χ4v) is 6.35. The lowest BCUT2D eigenvalue weighted by Gasteiger charge is -2.45. The first-order valence-corrected chi connectivity index (χ1v) is 11.6. The summed E-state index contributed by atoms with van der Waals surface area (Å²) in [6.45, 7) is 5.76. The molecule has 0 unspecified atom stereocenters. The zero-order valence-electron chi connectivity index (χ0n) is 16.0. The Bertz CT molecular complexity index is 890. The van der Waals surface area contributed by atoms with Crippen molar-refractivity contribution >= 4 is 15.4 Å². The topological polar surface area (TPSA) is 41.9 Å². The van der Waals surface area contributed by atoms with Crippen LogP contribution in [0.1, 0.15) is 24.0 Å². The highest BCUT2D eigenvalue weighted by Crippen LogP contribution is 2.33. The van der Waals surface area contributed by atoms with Gasteiger partial charge in [-0.3, -0.25) is 4.90 Å². The quantitative estimate of drug-likeness (QED) is 0.798. The lowest BCUT2D eigenvalue weighted by molar-refractivity contribution is -0.115. The molecule has 2 heterocycles. The second-order valence-electron chi connectivity index (χ2n) is 7.78. The van der Waals surface area contributed by atoms with Crippen LogP contribution in [0.4, 0.5) is 5.69 Å². The van der Waals surface area contributed by atoms with Gasteiger partial charge in [0.25, 0.3) is 0 Å². The Morgan fingerprint density at radius 1 is 1.07 bits per heavy atom. The van der Waals surface area contributed by atoms with E-state index in [-0.39, 0.29) is 5.60 Å². The van der Waals surface area contributed by atoms with Gasteiger partial charge < -0.3 is 4.74 Å². The van der Waals surface area contributed by atoms with Crippen LogP contribution in [0.2, 0.25) is 0 Å². The minimum Gasteiger partial charge on any atom is -0.372 e. The Hall–Kier alpha value is -1.69. The van der Waals surface area contributed by atoms with Gasteiger partial charge >= 0.3 is 0 Å². The van der Waals surface area contributed by atoms with E-state index in [2.05, 4.69) is 40.5 Å². The standard InChI is InChI=1S/C22H28N2O2S/c1-19-7-5-6-8-20(19)17-24-13-14-26-22(18-24)11-15-27(25,16-12-22)23-21-9-3-2-4-10-21/h2-10H,11-18H2,1H3. The van der Waals surface area contributed by atoms with Gasteiger partial charge in [-0.25, -0.2) is 4.21 Å². The molecule has 0 aliphatic carbocycles. The molecule has 2 aliphatic heterocycles. The maximum absolute atomic E-state index is 13.2. The summed E-state index contributed by atoms with van der Waals surface area (Å²) in [5.41, 5.74) is 3.39. The number of nitrogens with zero attached hydrogens (tertiary/aromatic N) is 2. The molecule has 2 fully saturated rings. The minimum atomic E-state index is -2.18. The third-order valence-electron chi connectivity index (χ3n) is 5.76. The number of hydrogen-bond acceptors (Lipinski definition) is 4. The monoisotopic (exact) mass is 384 g/mol. The first-order chi connectivity index (χ1) is 13.1. The summed E-state index contributed by atoms with van der Waals surface area (Å²) < 4.78 is 24.0. The van der Waals surface area contributed by atoms with Gasteiger partial charge in [0, 0.05) is 31.1 Å². The number of ether oxygens (including phenoxy) is 1. The molecule has 144 valence electrons.